The van der Waals surface area contributed by atoms with E-state index in [1.54, 1.807) is 67.2 Å². The van der Waals surface area contributed by atoms with Crippen molar-refractivity contribution in [2.75, 3.05) is 10.6 Å². The number of thiazole rings is 1. The van der Waals surface area contributed by atoms with Crippen LogP contribution in [0.15, 0.2) is 70.9 Å². The maximum absolute atomic E-state index is 12.3. The van der Waals surface area contributed by atoms with E-state index in [4.69, 9.17) is 9.15 Å². The Morgan fingerprint density at radius 3 is 2.48 bits per heavy atom. The molecule has 2 N–H and O–H groups in total. The first-order valence-corrected chi connectivity index (χ1v) is 10.2. The Balaban J connectivity index is 1.30. The van der Waals surface area contributed by atoms with Gasteiger partial charge in [-0.05, 0) is 49.4 Å². The van der Waals surface area contributed by atoms with Crippen molar-refractivity contribution in [3.63, 3.8) is 0 Å². The summed E-state index contributed by atoms with van der Waals surface area (Å²) in [5, 5.41) is 7.70. The number of hydrogen-bond donors (Lipinski definition) is 2. The van der Waals surface area contributed by atoms with Crippen LogP contribution in [0.2, 0.25) is 0 Å². The van der Waals surface area contributed by atoms with Crippen LogP contribution in [0.5, 0.6) is 11.5 Å². The first kappa shape index (κ1) is 20.3. The second kappa shape index (κ2) is 9.23. The Labute approximate surface area is 181 Å². The fourth-order valence-electron chi connectivity index (χ4n) is 2.75. The smallest absolute Gasteiger partial charge is 0.260 e. The third kappa shape index (κ3) is 5.34. The third-order valence-corrected chi connectivity index (χ3v) is 5.05. The fraction of sp³-hybridized carbons (Fsp3) is 0.0909. The number of ether oxygens (including phenoxy) is 1. The number of carbonyl (C=O) groups is 2. The van der Waals surface area contributed by atoms with Gasteiger partial charge in [0.2, 0.25) is 5.91 Å². The minimum Gasteiger partial charge on any atom is -0.469 e. The molecule has 3 heterocycles. The molecule has 0 bridgehead atoms. The molecule has 0 aliphatic carbocycles. The number of amides is 2. The maximum Gasteiger partial charge on any atom is 0.260 e. The van der Waals surface area contributed by atoms with Crippen molar-refractivity contribution in [1.82, 2.24) is 9.97 Å². The van der Waals surface area contributed by atoms with Crippen molar-refractivity contribution in [2.45, 2.75) is 13.3 Å². The Morgan fingerprint density at radius 2 is 1.77 bits per heavy atom. The van der Waals surface area contributed by atoms with E-state index >= 15 is 0 Å². The van der Waals surface area contributed by atoms with Crippen molar-refractivity contribution in [1.29, 1.82) is 0 Å². The molecule has 9 heteroatoms. The lowest BCUT2D eigenvalue weighted by Crippen LogP contribution is -2.15. The summed E-state index contributed by atoms with van der Waals surface area (Å²) in [7, 11) is 0. The van der Waals surface area contributed by atoms with Crippen LogP contribution < -0.4 is 15.4 Å². The second-order valence-corrected chi connectivity index (χ2v) is 7.38. The molecule has 0 aliphatic rings. The summed E-state index contributed by atoms with van der Waals surface area (Å²) in [5.74, 6) is 1.35. The number of nitrogens with one attached hydrogen (secondary N) is 2. The standard InChI is InChI=1S/C22H18N4O4S/c1-14-19(8-11-29-14)21(28)26-22-25-16(13-31-22)12-20(27)24-15-2-4-17(5-3-15)30-18-6-9-23-10-7-18/h2-11,13H,12H2,1H3,(H,24,27)(H,25,26,28). The normalized spacial score (nSPS) is 10.5. The minimum absolute atomic E-state index is 0.0897. The molecule has 0 radical (unpaired) electrons. The van der Waals surface area contributed by atoms with Crippen LogP contribution in [0, 0.1) is 6.92 Å². The van der Waals surface area contributed by atoms with Crippen molar-refractivity contribution in [3.05, 3.63) is 83.5 Å². The molecular formula is C22H18N4O4S. The number of pyridine rings is 1. The molecule has 156 valence electrons. The molecule has 0 fully saturated rings. The van der Waals surface area contributed by atoms with Gasteiger partial charge in [-0.1, -0.05) is 0 Å². The number of benzene rings is 1. The maximum atomic E-state index is 12.3. The van der Waals surface area contributed by atoms with Gasteiger partial charge in [-0.15, -0.1) is 11.3 Å². The van der Waals surface area contributed by atoms with Crippen molar-refractivity contribution in [2.24, 2.45) is 0 Å². The summed E-state index contributed by atoms with van der Waals surface area (Å²) in [6, 6.07) is 12.2. The van der Waals surface area contributed by atoms with Crippen LogP contribution in [0.1, 0.15) is 21.8 Å². The highest BCUT2D eigenvalue weighted by atomic mass is 32.1. The number of anilines is 2. The number of furan rings is 1. The van der Waals surface area contributed by atoms with Crippen LogP contribution in [-0.2, 0) is 11.2 Å². The van der Waals surface area contributed by atoms with Crippen molar-refractivity contribution < 1.29 is 18.7 Å². The van der Waals surface area contributed by atoms with Crippen LogP contribution in [0.4, 0.5) is 10.8 Å². The van der Waals surface area contributed by atoms with Crippen LogP contribution in [-0.4, -0.2) is 21.8 Å². The third-order valence-electron chi connectivity index (χ3n) is 4.24. The highest BCUT2D eigenvalue weighted by molar-refractivity contribution is 7.14. The molecule has 0 unspecified atom stereocenters. The Morgan fingerprint density at radius 1 is 1.03 bits per heavy atom. The van der Waals surface area contributed by atoms with Gasteiger partial charge >= 0.3 is 0 Å². The fourth-order valence-corrected chi connectivity index (χ4v) is 3.45. The second-order valence-electron chi connectivity index (χ2n) is 6.52. The van der Waals surface area contributed by atoms with Crippen molar-refractivity contribution >= 4 is 34.0 Å². The van der Waals surface area contributed by atoms with Crippen LogP contribution in [0.25, 0.3) is 0 Å². The topological polar surface area (TPSA) is 106 Å². The van der Waals surface area contributed by atoms with E-state index in [9.17, 15) is 9.59 Å². The zero-order valence-electron chi connectivity index (χ0n) is 16.5. The molecular weight excluding hydrogens is 416 g/mol. The molecule has 0 spiro atoms. The summed E-state index contributed by atoms with van der Waals surface area (Å²) in [6.07, 6.45) is 4.85. The van der Waals surface area contributed by atoms with E-state index in [1.165, 1.54) is 17.6 Å². The molecule has 2 amide bonds. The van der Waals surface area contributed by atoms with Gasteiger partial charge in [-0.3, -0.25) is 19.9 Å². The highest BCUT2D eigenvalue weighted by Gasteiger charge is 2.14. The molecule has 0 saturated heterocycles. The Kier molecular flexibility index (Phi) is 6.04. The van der Waals surface area contributed by atoms with Crippen LogP contribution >= 0.6 is 11.3 Å². The molecule has 0 saturated carbocycles. The van der Waals surface area contributed by atoms with E-state index in [2.05, 4.69) is 20.6 Å². The molecule has 3 aromatic heterocycles. The number of hydrogen-bond acceptors (Lipinski definition) is 7. The van der Waals surface area contributed by atoms with Gasteiger partial charge < -0.3 is 14.5 Å². The number of rotatable bonds is 7. The van der Waals surface area contributed by atoms with Gasteiger partial charge in [-0.25, -0.2) is 4.98 Å². The van der Waals surface area contributed by atoms with E-state index < -0.39 is 0 Å². The van der Waals surface area contributed by atoms with Crippen molar-refractivity contribution in [3.8, 4) is 11.5 Å². The van der Waals surface area contributed by atoms with E-state index in [0.29, 0.717) is 39.3 Å². The van der Waals surface area contributed by atoms with Crippen LogP contribution in [0.3, 0.4) is 0 Å². The molecule has 8 nitrogen and oxygen atoms in total. The zero-order valence-corrected chi connectivity index (χ0v) is 17.3. The molecule has 1 aromatic carbocycles. The number of aromatic nitrogens is 2. The molecule has 0 aliphatic heterocycles. The summed E-state index contributed by atoms with van der Waals surface area (Å²) in [4.78, 5) is 32.8. The van der Waals surface area contributed by atoms with E-state index in [0.717, 1.165) is 0 Å². The lowest BCUT2D eigenvalue weighted by Gasteiger charge is -2.07. The highest BCUT2D eigenvalue weighted by Crippen LogP contribution is 2.23. The van der Waals surface area contributed by atoms with Gasteiger partial charge in [0.15, 0.2) is 5.13 Å². The molecule has 0 atom stereocenters. The first-order chi connectivity index (χ1) is 15.1. The summed E-state index contributed by atoms with van der Waals surface area (Å²) >= 11 is 1.26. The van der Waals surface area contributed by atoms with Gasteiger partial charge in [0.05, 0.1) is 23.9 Å². The number of carbonyl (C=O) groups excluding carboxylic acids is 2. The summed E-state index contributed by atoms with van der Waals surface area (Å²) in [6.45, 7) is 1.71. The predicted molar refractivity (Wildman–Crippen MR) is 117 cm³/mol. The number of aryl methyl sites for hydroxylation is 1. The SMILES string of the molecule is Cc1occc1C(=O)Nc1nc(CC(=O)Nc2ccc(Oc3ccncc3)cc2)cs1. The first-order valence-electron chi connectivity index (χ1n) is 9.34. The summed E-state index contributed by atoms with van der Waals surface area (Å²) < 4.78 is 10.8. The van der Waals surface area contributed by atoms with Gasteiger partial charge in [0.25, 0.3) is 5.91 Å². The average molecular weight is 434 g/mol. The lowest BCUT2D eigenvalue weighted by atomic mass is 10.2. The largest absolute Gasteiger partial charge is 0.469 e. The van der Waals surface area contributed by atoms with E-state index in [1.807, 2.05) is 0 Å². The molecule has 31 heavy (non-hydrogen) atoms. The average Bonchev–Trinajstić information content (AvgIpc) is 3.39. The minimum atomic E-state index is -0.300. The lowest BCUT2D eigenvalue weighted by molar-refractivity contribution is -0.115. The summed E-state index contributed by atoms with van der Waals surface area (Å²) in [5.41, 5.74) is 1.66. The predicted octanol–water partition coefficient (Wildman–Crippen LogP) is 4.67. The van der Waals surface area contributed by atoms with Gasteiger partial charge in [0, 0.05) is 23.5 Å². The Hall–Kier alpha value is -3.98. The quantitative estimate of drug-likeness (QED) is 0.438. The number of nitrogens with zero attached hydrogens (tertiary/aromatic N) is 2. The Bertz CT molecular complexity index is 1190. The monoisotopic (exact) mass is 434 g/mol. The molecule has 4 aromatic rings. The van der Waals surface area contributed by atoms with Gasteiger partial charge in [-0.2, -0.15) is 0 Å². The van der Waals surface area contributed by atoms with E-state index in [-0.39, 0.29) is 18.2 Å². The molecule has 4 rings (SSSR count). The zero-order chi connectivity index (χ0) is 21.6. The van der Waals surface area contributed by atoms with Gasteiger partial charge in [0.1, 0.15) is 17.3 Å².